The number of carbonyl (C=O) groups excluding carboxylic acids is 2. The number of hydrogen-bond acceptors (Lipinski definition) is 11. The summed E-state index contributed by atoms with van der Waals surface area (Å²) in [5.74, 6) is 11.1. The molecule has 4 N–H and O–H groups in total. The Morgan fingerprint density at radius 2 is 1.90 bits per heavy atom. The van der Waals surface area contributed by atoms with Gasteiger partial charge in [-0.2, -0.15) is 0 Å². The molecule has 2 bridgehead atoms. The van der Waals surface area contributed by atoms with E-state index >= 15 is 4.79 Å². The second-order valence-corrected chi connectivity index (χ2v) is 17.2. The maximum atomic E-state index is 15.1. The van der Waals surface area contributed by atoms with Crippen molar-refractivity contribution in [1.29, 1.82) is 0 Å². The lowest BCUT2D eigenvalue weighted by Crippen LogP contribution is -2.65. The summed E-state index contributed by atoms with van der Waals surface area (Å²) in [7, 11) is 0. The number of ketones is 2. The molecular formula is C48H54N2O11. The molecule has 2 saturated heterocycles. The van der Waals surface area contributed by atoms with E-state index in [1.165, 1.54) is 18.3 Å². The topological polar surface area (TPSA) is 187 Å². The Labute approximate surface area is 355 Å². The lowest BCUT2D eigenvalue weighted by atomic mass is 9.70. The minimum atomic E-state index is -1.80. The molecule has 3 aromatic rings. The molecule has 0 spiro atoms. The van der Waals surface area contributed by atoms with Crippen LogP contribution >= 0.6 is 0 Å². The predicted octanol–water partition coefficient (Wildman–Crippen LogP) is 6.22. The average molecular weight is 835 g/mol. The fourth-order valence-electron chi connectivity index (χ4n) is 8.96. The molecule has 0 radical (unpaired) electrons. The predicted molar refractivity (Wildman–Crippen MR) is 226 cm³/mol. The van der Waals surface area contributed by atoms with E-state index in [2.05, 4.69) is 54.4 Å². The van der Waals surface area contributed by atoms with Crippen LogP contribution in [0.2, 0.25) is 0 Å². The maximum absolute atomic E-state index is 15.1. The number of H-pyrrole nitrogens is 1. The molecule has 4 aliphatic rings. The van der Waals surface area contributed by atoms with E-state index in [1.54, 1.807) is 45.0 Å². The Balaban J connectivity index is 1.28. The molecule has 61 heavy (non-hydrogen) atoms. The van der Waals surface area contributed by atoms with Crippen LogP contribution in [-0.4, -0.2) is 98.6 Å². The molecule has 322 valence electrons. The minimum absolute atomic E-state index is 0.0529. The molecule has 13 heteroatoms. The Morgan fingerprint density at radius 1 is 1.13 bits per heavy atom. The van der Waals surface area contributed by atoms with Gasteiger partial charge in [0.25, 0.3) is 0 Å². The van der Waals surface area contributed by atoms with E-state index in [0.717, 1.165) is 6.42 Å². The number of carboxylic acids is 1. The van der Waals surface area contributed by atoms with E-state index in [1.807, 2.05) is 13.0 Å². The van der Waals surface area contributed by atoms with Gasteiger partial charge in [0.15, 0.2) is 36.4 Å². The number of nitrogens with one attached hydrogen (secondary N) is 1. The molecule has 2 aliphatic heterocycles. The maximum Gasteiger partial charge on any atom is 0.341 e. The Morgan fingerprint density at radius 3 is 2.62 bits per heavy atom. The first kappa shape index (κ1) is 44.0. The van der Waals surface area contributed by atoms with Gasteiger partial charge < -0.3 is 44.0 Å². The highest BCUT2D eigenvalue weighted by atomic mass is 16.7. The monoisotopic (exact) mass is 834 g/mol. The lowest BCUT2D eigenvalue weighted by molar-refractivity contribution is -0.339. The van der Waals surface area contributed by atoms with Crippen LogP contribution in [0.3, 0.4) is 0 Å². The third-order valence-corrected chi connectivity index (χ3v) is 12.5. The summed E-state index contributed by atoms with van der Waals surface area (Å²) in [5.41, 5.74) is -1.21. The van der Waals surface area contributed by atoms with E-state index in [0.29, 0.717) is 75.6 Å². The molecule has 10 atom stereocenters. The first-order chi connectivity index (χ1) is 29.0. The molecule has 2 fully saturated rings. The van der Waals surface area contributed by atoms with Crippen LogP contribution in [0.25, 0.3) is 21.8 Å². The van der Waals surface area contributed by atoms with Crippen molar-refractivity contribution in [2.75, 3.05) is 13.2 Å². The average Bonchev–Trinajstić information content (AvgIpc) is 3.59. The number of allylic oxidation sites excluding steroid dienone is 4. The molecule has 13 nitrogen and oxygen atoms in total. The number of fused-ring (bicyclic) bond motifs is 5. The highest BCUT2D eigenvalue weighted by Crippen LogP contribution is 2.46. The number of carbonyl (C=O) groups is 3. The summed E-state index contributed by atoms with van der Waals surface area (Å²) < 4.78 is 31.9. The number of hydrogen-bond donors (Lipinski definition) is 4. The van der Waals surface area contributed by atoms with Crippen LogP contribution in [-0.2, 0) is 28.5 Å². The van der Waals surface area contributed by atoms with Gasteiger partial charge in [0.1, 0.15) is 29.8 Å². The van der Waals surface area contributed by atoms with Crippen molar-refractivity contribution in [2.45, 2.75) is 117 Å². The minimum Gasteiger partial charge on any atom is -0.482 e. The van der Waals surface area contributed by atoms with Crippen molar-refractivity contribution in [1.82, 2.24) is 9.97 Å². The number of aliphatic carboxylic acids is 1. The van der Waals surface area contributed by atoms with Crippen LogP contribution in [0.4, 0.5) is 0 Å². The summed E-state index contributed by atoms with van der Waals surface area (Å²) in [6.45, 7) is 13.3. The SMILES string of the molecule is CC/C=C1\C2=C(C)C(=O)C[C@@]1(O)C#C/C=C\C#C[C@@H]2OC1OC(C)C(C)(C(=O)c2nccc3c2[nH]c2ccc(OCC(=O)O)cc23)C(O)C1OC1CC(C)C(CC(C)C)CO1. The molecule has 8 unspecified atom stereocenters. The number of carboxylic acid groups (broad SMARTS) is 1. The number of aromatic nitrogens is 2. The highest BCUT2D eigenvalue weighted by molar-refractivity contribution is 6.16. The summed E-state index contributed by atoms with van der Waals surface area (Å²) in [4.78, 5) is 47.6. The zero-order valence-corrected chi connectivity index (χ0v) is 35.6. The second-order valence-electron chi connectivity index (χ2n) is 17.2. The summed E-state index contributed by atoms with van der Waals surface area (Å²) in [5, 5.41) is 35.0. The third-order valence-electron chi connectivity index (χ3n) is 12.5. The van der Waals surface area contributed by atoms with Crippen LogP contribution < -0.4 is 4.74 Å². The quantitative estimate of drug-likeness (QED) is 0.119. The van der Waals surface area contributed by atoms with Gasteiger partial charge in [-0.1, -0.05) is 57.5 Å². The number of rotatable bonds is 12. The first-order valence-corrected chi connectivity index (χ1v) is 21.0. The third kappa shape index (κ3) is 8.56. The Hall–Kier alpha value is -5.12. The largest absolute Gasteiger partial charge is 0.482 e. The van der Waals surface area contributed by atoms with Crippen LogP contribution in [0.1, 0.15) is 84.6 Å². The van der Waals surface area contributed by atoms with Gasteiger partial charge in [0.2, 0.25) is 0 Å². The molecule has 2 aromatic heterocycles. The first-order valence-electron chi connectivity index (χ1n) is 21.0. The van der Waals surface area contributed by atoms with E-state index in [-0.39, 0.29) is 23.8 Å². The van der Waals surface area contributed by atoms with Crippen LogP contribution in [0.5, 0.6) is 5.75 Å². The summed E-state index contributed by atoms with van der Waals surface area (Å²) in [6, 6.07) is 6.80. The van der Waals surface area contributed by atoms with Gasteiger partial charge >= 0.3 is 5.97 Å². The van der Waals surface area contributed by atoms with Crippen LogP contribution in [0.15, 0.2) is 65.4 Å². The van der Waals surface area contributed by atoms with Gasteiger partial charge in [0.05, 0.1) is 30.1 Å². The van der Waals surface area contributed by atoms with Crippen molar-refractivity contribution >= 4 is 39.3 Å². The smallest absolute Gasteiger partial charge is 0.341 e. The van der Waals surface area contributed by atoms with Gasteiger partial charge in [-0.15, -0.1) is 0 Å². The van der Waals surface area contributed by atoms with Crippen molar-refractivity contribution in [3.05, 3.63) is 71.1 Å². The van der Waals surface area contributed by atoms with Crippen LogP contribution in [0, 0.1) is 46.9 Å². The number of ether oxygens (including phenoxy) is 5. The normalized spacial score (nSPS) is 32.6. The number of Topliss-reactive ketones (excluding diaryl/α,β-unsaturated/α-hetero) is 2. The molecule has 2 aliphatic carbocycles. The number of aliphatic hydroxyl groups excluding tert-OH is 1. The summed E-state index contributed by atoms with van der Waals surface area (Å²) >= 11 is 0. The zero-order valence-electron chi connectivity index (χ0n) is 35.6. The second kappa shape index (κ2) is 17.7. The molecule has 1 aromatic carbocycles. The van der Waals surface area contributed by atoms with Crippen molar-refractivity contribution in [3.8, 4) is 29.4 Å². The highest BCUT2D eigenvalue weighted by Gasteiger charge is 2.59. The fraction of sp³-hybridized carbons (Fsp3) is 0.500. The molecule has 4 heterocycles. The molecule has 7 rings (SSSR count). The number of pyridine rings is 1. The van der Waals surface area contributed by atoms with Crippen molar-refractivity contribution in [3.63, 3.8) is 0 Å². The molecule has 0 amide bonds. The van der Waals surface area contributed by atoms with Gasteiger partial charge in [0, 0.05) is 34.5 Å². The van der Waals surface area contributed by atoms with Crippen molar-refractivity contribution in [2.24, 2.45) is 23.2 Å². The standard InChI is InChI=1S/C48H54N2O11/c1-8-13-34-40-28(5)36(51)23-48(34,56)18-12-10-9-11-14-37(40)60-46-43(61-39-21-27(4)30(24-58-39)20-26(2)3)45(55)47(7,29(6)59-46)44(54)42-41-32(17-19-49-42)33-22-31(57-25-38(52)53)15-16-35(33)50-41/h9-10,13,15-17,19,22,26-27,29-30,37,39,43,45-46,50,55-56H,8,20-21,23-25H2,1-7H3,(H,52,53)/b10-9-,34-13+/t27?,29?,30?,37-,39?,43?,45?,46?,47?,48-/m0/s1. The van der Waals surface area contributed by atoms with Gasteiger partial charge in [-0.05, 0) is 98.9 Å². The summed E-state index contributed by atoms with van der Waals surface area (Å²) in [6.07, 6.45) is 1.00. The van der Waals surface area contributed by atoms with Crippen molar-refractivity contribution < 1.29 is 53.4 Å². The number of aliphatic hydroxyl groups is 2. The van der Waals surface area contributed by atoms with Gasteiger partial charge in [-0.25, -0.2) is 4.79 Å². The van der Waals surface area contributed by atoms with E-state index < -0.39 is 66.4 Å². The Kier molecular flexibility index (Phi) is 12.8. The number of nitrogens with zero attached hydrogens (tertiary/aromatic N) is 1. The fourth-order valence-corrected chi connectivity index (χ4v) is 8.96. The molecular weight excluding hydrogens is 781 g/mol. The zero-order chi connectivity index (χ0) is 43.8. The number of benzene rings is 1. The number of aromatic amines is 1. The molecule has 0 saturated carbocycles. The lowest BCUT2D eigenvalue weighted by Gasteiger charge is -2.50. The van der Waals surface area contributed by atoms with E-state index in [4.69, 9.17) is 28.8 Å². The van der Waals surface area contributed by atoms with E-state index in [9.17, 15) is 19.8 Å². The van der Waals surface area contributed by atoms with Gasteiger partial charge in [-0.3, -0.25) is 14.6 Å². The Bertz CT molecular complexity index is 2440.